The molecule has 3 rings (SSSR count). The van der Waals surface area contributed by atoms with Gasteiger partial charge in [0.15, 0.2) is 0 Å². The molecule has 7 heteroatoms. The fraction of sp³-hybridized carbons (Fsp3) is 0.263. The van der Waals surface area contributed by atoms with Crippen LogP contribution in [0.5, 0.6) is 0 Å². The zero-order valence-corrected chi connectivity index (χ0v) is 14.2. The number of rotatable bonds is 4. The Balaban J connectivity index is 1.51. The lowest BCUT2D eigenvalue weighted by Crippen LogP contribution is -2.40. The molecule has 3 amide bonds. The number of hydrogen-bond acceptors (Lipinski definition) is 3. The molecule has 1 fully saturated rings. The van der Waals surface area contributed by atoms with E-state index in [9.17, 15) is 14.0 Å². The number of anilines is 1. The quantitative estimate of drug-likeness (QED) is 0.786. The number of urea groups is 1. The lowest BCUT2D eigenvalue weighted by Gasteiger charge is -2.17. The minimum absolute atomic E-state index is 0.0585. The van der Waals surface area contributed by atoms with Gasteiger partial charge in [0.2, 0.25) is 0 Å². The van der Waals surface area contributed by atoms with E-state index in [0.717, 1.165) is 5.56 Å². The Morgan fingerprint density at radius 1 is 1.12 bits per heavy atom. The molecule has 1 aliphatic heterocycles. The molecule has 2 aromatic rings. The van der Waals surface area contributed by atoms with E-state index in [1.165, 1.54) is 24.3 Å². The van der Waals surface area contributed by atoms with E-state index < -0.39 is 0 Å². The van der Waals surface area contributed by atoms with E-state index in [-0.39, 0.29) is 23.8 Å². The van der Waals surface area contributed by atoms with Crippen molar-refractivity contribution in [2.75, 3.05) is 18.4 Å². The SMILES string of the molecule is NCc1ccc(C(=O)N2CCC(NC(=O)Nc3ccc(F)cc3)C2)cc1. The predicted molar refractivity (Wildman–Crippen MR) is 97.2 cm³/mol. The van der Waals surface area contributed by atoms with Gasteiger partial charge in [-0.3, -0.25) is 4.79 Å². The lowest BCUT2D eigenvalue weighted by molar-refractivity contribution is 0.0789. The highest BCUT2D eigenvalue weighted by Crippen LogP contribution is 2.15. The molecule has 1 unspecified atom stereocenters. The summed E-state index contributed by atoms with van der Waals surface area (Å²) in [7, 11) is 0. The molecule has 0 aliphatic carbocycles. The highest BCUT2D eigenvalue weighted by Gasteiger charge is 2.27. The van der Waals surface area contributed by atoms with Crippen LogP contribution in [0.2, 0.25) is 0 Å². The second kappa shape index (κ2) is 7.97. The van der Waals surface area contributed by atoms with Gasteiger partial charge in [0, 0.05) is 36.9 Å². The fourth-order valence-electron chi connectivity index (χ4n) is 2.91. The number of nitrogens with one attached hydrogen (secondary N) is 2. The van der Waals surface area contributed by atoms with Crippen molar-refractivity contribution in [1.82, 2.24) is 10.2 Å². The molecule has 2 aromatic carbocycles. The second-order valence-electron chi connectivity index (χ2n) is 6.24. The van der Waals surface area contributed by atoms with E-state index in [1.54, 1.807) is 17.0 Å². The number of carbonyl (C=O) groups excluding carboxylic acids is 2. The number of amides is 3. The molecule has 136 valence electrons. The van der Waals surface area contributed by atoms with Crippen LogP contribution in [0.4, 0.5) is 14.9 Å². The summed E-state index contributed by atoms with van der Waals surface area (Å²) in [5.41, 5.74) is 7.66. The first-order chi connectivity index (χ1) is 12.5. The highest BCUT2D eigenvalue weighted by atomic mass is 19.1. The Hall–Kier alpha value is -2.93. The first kappa shape index (κ1) is 17.9. The summed E-state index contributed by atoms with van der Waals surface area (Å²) in [6.45, 7) is 1.47. The maximum absolute atomic E-state index is 12.9. The average molecular weight is 356 g/mol. The van der Waals surface area contributed by atoms with Crippen LogP contribution >= 0.6 is 0 Å². The normalized spacial score (nSPS) is 16.4. The zero-order valence-electron chi connectivity index (χ0n) is 14.2. The highest BCUT2D eigenvalue weighted by molar-refractivity contribution is 5.94. The maximum Gasteiger partial charge on any atom is 0.319 e. The summed E-state index contributed by atoms with van der Waals surface area (Å²) in [5.74, 6) is -0.419. The van der Waals surface area contributed by atoms with Crippen LogP contribution < -0.4 is 16.4 Å². The number of nitrogens with two attached hydrogens (primary N) is 1. The fourth-order valence-corrected chi connectivity index (χ4v) is 2.91. The Bertz CT molecular complexity index is 777. The largest absolute Gasteiger partial charge is 0.337 e. The van der Waals surface area contributed by atoms with Gasteiger partial charge in [0.1, 0.15) is 5.82 Å². The van der Waals surface area contributed by atoms with Gasteiger partial charge in [-0.15, -0.1) is 0 Å². The molecule has 0 saturated carbocycles. The first-order valence-electron chi connectivity index (χ1n) is 8.46. The number of likely N-dealkylation sites (tertiary alicyclic amines) is 1. The van der Waals surface area contributed by atoms with Crippen molar-refractivity contribution in [3.63, 3.8) is 0 Å². The van der Waals surface area contributed by atoms with Crippen LogP contribution in [0.3, 0.4) is 0 Å². The summed E-state index contributed by atoms with van der Waals surface area (Å²) in [6.07, 6.45) is 0.684. The van der Waals surface area contributed by atoms with Crippen LogP contribution in [0.15, 0.2) is 48.5 Å². The summed E-state index contributed by atoms with van der Waals surface area (Å²) in [4.78, 5) is 26.3. The number of nitrogens with zero attached hydrogens (tertiary/aromatic N) is 1. The standard InChI is InChI=1S/C19H21FN4O2/c20-15-5-7-16(8-6-15)22-19(26)23-17-9-10-24(12-17)18(25)14-3-1-13(11-21)2-4-14/h1-8,17H,9-12,21H2,(H2,22,23,26). The number of benzene rings is 2. The van der Waals surface area contributed by atoms with E-state index in [4.69, 9.17) is 5.73 Å². The van der Waals surface area contributed by atoms with Crippen molar-refractivity contribution in [2.24, 2.45) is 5.73 Å². The van der Waals surface area contributed by atoms with E-state index >= 15 is 0 Å². The Kier molecular flexibility index (Phi) is 5.48. The molecular formula is C19H21FN4O2. The van der Waals surface area contributed by atoms with E-state index in [0.29, 0.717) is 37.3 Å². The molecule has 4 N–H and O–H groups in total. The third-order valence-corrected chi connectivity index (χ3v) is 4.35. The molecule has 0 spiro atoms. The molecule has 6 nitrogen and oxygen atoms in total. The third kappa shape index (κ3) is 4.37. The summed E-state index contributed by atoms with van der Waals surface area (Å²) >= 11 is 0. The molecule has 1 aliphatic rings. The summed E-state index contributed by atoms with van der Waals surface area (Å²) in [6, 6.07) is 12.3. The molecular weight excluding hydrogens is 335 g/mol. The smallest absolute Gasteiger partial charge is 0.319 e. The molecule has 1 saturated heterocycles. The first-order valence-corrected chi connectivity index (χ1v) is 8.46. The van der Waals surface area contributed by atoms with Crippen molar-refractivity contribution in [1.29, 1.82) is 0 Å². The molecule has 0 bridgehead atoms. The zero-order chi connectivity index (χ0) is 18.5. The minimum atomic E-state index is -0.372. The van der Waals surface area contributed by atoms with Crippen LogP contribution in [-0.2, 0) is 6.54 Å². The summed E-state index contributed by atoms with van der Waals surface area (Å²) < 4.78 is 12.9. The molecule has 26 heavy (non-hydrogen) atoms. The second-order valence-corrected chi connectivity index (χ2v) is 6.24. The summed E-state index contributed by atoms with van der Waals surface area (Å²) in [5, 5.41) is 5.49. The third-order valence-electron chi connectivity index (χ3n) is 4.35. The van der Waals surface area contributed by atoms with Crippen molar-refractivity contribution < 1.29 is 14.0 Å². The minimum Gasteiger partial charge on any atom is -0.337 e. The van der Waals surface area contributed by atoms with Crippen molar-refractivity contribution >= 4 is 17.6 Å². The maximum atomic E-state index is 12.9. The number of hydrogen-bond donors (Lipinski definition) is 3. The Morgan fingerprint density at radius 3 is 2.46 bits per heavy atom. The molecule has 1 heterocycles. The van der Waals surface area contributed by atoms with Gasteiger partial charge >= 0.3 is 6.03 Å². The van der Waals surface area contributed by atoms with Crippen molar-refractivity contribution in [3.05, 3.63) is 65.5 Å². The average Bonchev–Trinajstić information content (AvgIpc) is 3.11. The Morgan fingerprint density at radius 2 is 1.81 bits per heavy atom. The Labute approximate surface area is 151 Å². The van der Waals surface area contributed by atoms with Crippen LogP contribution in [-0.4, -0.2) is 36.0 Å². The van der Waals surface area contributed by atoms with E-state index in [1.807, 2.05) is 12.1 Å². The van der Waals surface area contributed by atoms with Crippen molar-refractivity contribution in [2.45, 2.75) is 19.0 Å². The molecule has 0 radical (unpaired) electrons. The van der Waals surface area contributed by atoms with Gasteiger partial charge in [0.05, 0.1) is 0 Å². The monoisotopic (exact) mass is 356 g/mol. The molecule has 1 atom stereocenters. The van der Waals surface area contributed by atoms with Crippen LogP contribution in [0, 0.1) is 5.82 Å². The van der Waals surface area contributed by atoms with Crippen LogP contribution in [0.25, 0.3) is 0 Å². The van der Waals surface area contributed by atoms with Crippen molar-refractivity contribution in [3.8, 4) is 0 Å². The van der Waals surface area contributed by atoms with Gasteiger partial charge in [-0.25, -0.2) is 9.18 Å². The van der Waals surface area contributed by atoms with Gasteiger partial charge < -0.3 is 21.3 Å². The van der Waals surface area contributed by atoms with E-state index in [2.05, 4.69) is 10.6 Å². The van der Waals surface area contributed by atoms with Gasteiger partial charge in [-0.2, -0.15) is 0 Å². The predicted octanol–water partition coefficient (Wildman–Crippen LogP) is 2.32. The topological polar surface area (TPSA) is 87.5 Å². The number of carbonyl (C=O) groups is 2. The van der Waals surface area contributed by atoms with Crippen LogP contribution in [0.1, 0.15) is 22.3 Å². The van der Waals surface area contributed by atoms with Gasteiger partial charge in [-0.05, 0) is 48.4 Å². The van der Waals surface area contributed by atoms with Gasteiger partial charge in [-0.1, -0.05) is 12.1 Å². The molecule has 0 aromatic heterocycles. The lowest BCUT2D eigenvalue weighted by atomic mass is 10.1. The van der Waals surface area contributed by atoms with Gasteiger partial charge in [0.25, 0.3) is 5.91 Å². The number of halogens is 1.